The monoisotopic (exact) mass is 284 g/mol. The van der Waals surface area contributed by atoms with Crippen LogP contribution in [0.15, 0.2) is 54.6 Å². The van der Waals surface area contributed by atoms with Crippen LogP contribution in [0.25, 0.3) is 0 Å². The summed E-state index contributed by atoms with van der Waals surface area (Å²) >= 11 is 0. The molecule has 0 fully saturated rings. The Morgan fingerprint density at radius 2 is 1.81 bits per heavy atom. The molecule has 0 heterocycles. The van der Waals surface area contributed by atoms with Crippen molar-refractivity contribution in [1.29, 1.82) is 0 Å². The Kier molecular flexibility index (Phi) is 4.93. The number of nitrogens with one attached hydrogen (secondary N) is 2. The van der Waals surface area contributed by atoms with Crippen molar-refractivity contribution >= 4 is 17.7 Å². The molecule has 2 rings (SSSR count). The third-order valence-electron chi connectivity index (χ3n) is 2.81. The van der Waals surface area contributed by atoms with Crippen LogP contribution in [0.3, 0.4) is 0 Å². The minimum absolute atomic E-state index is 0.196. The standard InChI is InChI=1S/C16H16N2O3/c1-17-15(19)13-8-5-9-14(10-13)18-16(20)21-11-12-6-3-2-4-7-12/h2-10H,11H2,1H3,(H,17,19)(H,18,20). The fourth-order valence-corrected chi connectivity index (χ4v) is 1.76. The van der Waals surface area contributed by atoms with Crippen LogP contribution in [0.1, 0.15) is 15.9 Å². The van der Waals surface area contributed by atoms with Gasteiger partial charge in [0.05, 0.1) is 0 Å². The van der Waals surface area contributed by atoms with E-state index in [9.17, 15) is 9.59 Å². The van der Waals surface area contributed by atoms with Crippen molar-refractivity contribution in [1.82, 2.24) is 5.32 Å². The first-order valence-electron chi connectivity index (χ1n) is 6.49. The number of hydrogen-bond donors (Lipinski definition) is 2. The molecule has 2 aromatic carbocycles. The summed E-state index contributed by atoms with van der Waals surface area (Å²) in [6.45, 7) is 0.196. The summed E-state index contributed by atoms with van der Waals surface area (Å²) in [5, 5.41) is 5.12. The molecule has 21 heavy (non-hydrogen) atoms. The van der Waals surface area contributed by atoms with Crippen LogP contribution in [0, 0.1) is 0 Å². The third-order valence-corrected chi connectivity index (χ3v) is 2.81. The average Bonchev–Trinajstić information content (AvgIpc) is 2.53. The van der Waals surface area contributed by atoms with Crippen molar-refractivity contribution in [2.45, 2.75) is 6.61 Å². The predicted molar refractivity (Wildman–Crippen MR) is 80.1 cm³/mol. The normalized spacial score (nSPS) is 9.76. The van der Waals surface area contributed by atoms with E-state index in [2.05, 4.69) is 10.6 Å². The summed E-state index contributed by atoms with van der Waals surface area (Å²) in [5.74, 6) is -0.212. The fourth-order valence-electron chi connectivity index (χ4n) is 1.76. The molecular weight excluding hydrogens is 268 g/mol. The lowest BCUT2D eigenvalue weighted by molar-refractivity contribution is 0.0963. The van der Waals surface area contributed by atoms with Gasteiger partial charge in [0, 0.05) is 18.3 Å². The summed E-state index contributed by atoms with van der Waals surface area (Å²) in [4.78, 5) is 23.2. The second-order valence-electron chi connectivity index (χ2n) is 4.35. The number of hydrogen-bond acceptors (Lipinski definition) is 3. The molecule has 108 valence electrons. The van der Waals surface area contributed by atoms with Gasteiger partial charge in [-0.1, -0.05) is 36.4 Å². The maximum Gasteiger partial charge on any atom is 0.411 e. The van der Waals surface area contributed by atoms with Crippen LogP contribution in [-0.4, -0.2) is 19.0 Å². The van der Waals surface area contributed by atoms with E-state index in [1.54, 1.807) is 31.3 Å². The Morgan fingerprint density at radius 3 is 2.52 bits per heavy atom. The van der Waals surface area contributed by atoms with E-state index in [1.807, 2.05) is 30.3 Å². The van der Waals surface area contributed by atoms with Crippen LogP contribution in [-0.2, 0) is 11.3 Å². The van der Waals surface area contributed by atoms with Crippen LogP contribution in [0.2, 0.25) is 0 Å². The van der Waals surface area contributed by atoms with Gasteiger partial charge in [-0.2, -0.15) is 0 Å². The molecule has 2 aromatic rings. The van der Waals surface area contributed by atoms with Gasteiger partial charge in [0.2, 0.25) is 0 Å². The molecule has 0 unspecified atom stereocenters. The number of benzene rings is 2. The number of anilines is 1. The molecule has 2 amide bonds. The molecule has 2 N–H and O–H groups in total. The Bertz CT molecular complexity index is 626. The first-order chi connectivity index (χ1) is 10.2. The lowest BCUT2D eigenvalue weighted by Crippen LogP contribution is -2.18. The summed E-state index contributed by atoms with van der Waals surface area (Å²) in [5.41, 5.74) is 1.89. The largest absolute Gasteiger partial charge is 0.444 e. The SMILES string of the molecule is CNC(=O)c1cccc(NC(=O)OCc2ccccc2)c1. The molecule has 0 radical (unpaired) electrons. The molecule has 0 atom stereocenters. The molecule has 0 aliphatic rings. The van der Waals surface area contributed by atoms with Gasteiger partial charge in [-0.3, -0.25) is 10.1 Å². The zero-order chi connectivity index (χ0) is 15.1. The van der Waals surface area contributed by atoms with Gasteiger partial charge < -0.3 is 10.1 Å². The maximum atomic E-state index is 11.7. The Balaban J connectivity index is 1.92. The number of carbonyl (C=O) groups is 2. The molecule has 0 aliphatic carbocycles. The Morgan fingerprint density at radius 1 is 1.05 bits per heavy atom. The van der Waals surface area contributed by atoms with Crippen molar-refractivity contribution < 1.29 is 14.3 Å². The summed E-state index contributed by atoms with van der Waals surface area (Å²) < 4.78 is 5.11. The van der Waals surface area contributed by atoms with Crippen molar-refractivity contribution in [3.05, 3.63) is 65.7 Å². The molecule has 0 spiro atoms. The molecule has 5 heteroatoms. The van der Waals surface area contributed by atoms with E-state index in [-0.39, 0.29) is 12.5 Å². The van der Waals surface area contributed by atoms with Crippen molar-refractivity contribution in [2.75, 3.05) is 12.4 Å². The molecule has 0 saturated carbocycles. The van der Waals surface area contributed by atoms with E-state index < -0.39 is 6.09 Å². The van der Waals surface area contributed by atoms with Crippen molar-refractivity contribution in [3.63, 3.8) is 0 Å². The maximum absolute atomic E-state index is 11.7. The number of rotatable bonds is 4. The predicted octanol–water partition coefficient (Wildman–Crippen LogP) is 2.79. The molecule has 0 aliphatic heterocycles. The Labute approximate surface area is 122 Å². The van der Waals surface area contributed by atoms with Crippen LogP contribution >= 0.6 is 0 Å². The van der Waals surface area contributed by atoms with E-state index in [4.69, 9.17) is 4.74 Å². The van der Waals surface area contributed by atoms with Crippen LogP contribution < -0.4 is 10.6 Å². The lowest BCUT2D eigenvalue weighted by Gasteiger charge is -2.08. The molecule has 5 nitrogen and oxygen atoms in total. The first-order valence-corrected chi connectivity index (χ1v) is 6.49. The van der Waals surface area contributed by atoms with E-state index in [1.165, 1.54) is 0 Å². The first kappa shape index (κ1) is 14.6. The lowest BCUT2D eigenvalue weighted by atomic mass is 10.2. The third kappa shape index (κ3) is 4.35. The van der Waals surface area contributed by atoms with Gasteiger partial charge in [0.25, 0.3) is 5.91 Å². The fraction of sp³-hybridized carbons (Fsp3) is 0.125. The highest BCUT2D eigenvalue weighted by Crippen LogP contribution is 2.11. The number of amides is 2. The zero-order valence-electron chi connectivity index (χ0n) is 11.6. The van der Waals surface area contributed by atoms with Gasteiger partial charge in [0.1, 0.15) is 6.61 Å². The smallest absolute Gasteiger partial charge is 0.411 e. The second kappa shape index (κ2) is 7.09. The zero-order valence-corrected chi connectivity index (χ0v) is 11.6. The highest BCUT2D eigenvalue weighted by Gasteiger charge is 2.07. The van der Waals surface area contributed by atoms with Gasteiger partial charge in [-0.25, -0.2) is 4.79 Å². The van der Waals surface area contributed by atoms with Crippen LogP contribution in [0.5, 0.6) is 0 Å². The highest BCUT2D eigenvalue weighted by molar-refractivity contribution is 5.96. The van der Waals surface area contributed by atoms with Crippen LogP contribution in [0.4, 0.5) is 10.5 Å². The van der Waals surface area contributed by atoms with E-state index in [0.29, 0.717) is 11.3 Å². The summed E-state index contributed by atoms with van der Waals surface area (Å²) in [6, 6.07) is 16.0. The quantitative estimate of drug-likeness (QED) is 0.907. The summed E-state index contributed by atoms with van der Waals surface area (Å²) in [6.07, 6.45) is -0.562. The number of carbonyl (C=O) groups excluding carboxylic acids is 2. The minimum atomic E-state index is -0.562. The molecular formula is C16H16N2O3. The minimum Gasteiger partial charge on any atom is -0.444 e. The van der Waals surface area contributed by atoms with Gasteiger partial charge in [0.15, 0.2) is 0 Å². The topological polar surface area (TPSA) is 67.4 Å². The van der Waals surface area contributed by atoms with Gasteiger partial charge in [-0.15, -0.1) is 0 Å². The van der Waals surface area contributed by atoms with Crippen molar-refractivity contribution in [2.24, 2.45) is 0 Å². The molecule has 0 bridgehead atoms. The summed E-state index contributed by atoms with van der Waals surface area (Å²) in [7, 11) is 1.55. The number of ether oxygens (including phenoxy) is 1. The second-order valence-corrected chi connectivity index (χ2v) is 4.35. The highest BCUT2D eigenvalue weighted by atomic mass is 16.5. The van der Waals surface area contributed by atoms with Crippen molar-refractivity contribution in [3.8, 4) is 0 Å². The average molecular weight is 284 g/mol. The van der Waals surface area contributed by atoms with E-state index in [0.717, 1.165) is 5.56 Å². The molecule has 0 aromatic heterocycles. The van der Waals surface area contributed by atoms with Gasteiger partial charge in [-0.05, 0) is 23.8 Å². The van der Waals surface area contributed by atoms with Gasteiger partial charge >= 0.3 is 6.09 Å². The van der Waals surface area contributed by atoms with E-state index >= 15 is 0 Å². The Hall–Kier alpha value is -2.82. The molecule has 0 saturated heterocycles.